The topological polar surface area (TPSA) is 93.8 Å². The molecule has 0 fully saturated rings. The van der Waals surface area contributed by atoms with Crippen molar-refractivity contribution in [1.82, 2.24) is 25.0 Å². The van der Waals surface area contributed by atoms with E-state index >= 15 is 0 Å². The van der Waals surface area contributed by atoms with Gasteiger partial charge >= 0.3 is 5.97 Å². The fraction of sp³-hybridized carbons (Fsp3) is 0.417. The second-order valence-corrected chi connectivity index (χ2v) is 4.17. The van der Waals surface area contributed by atoms with Crippen molar-refractivity contribution in [2.24, 2.45) is 0 Å². The number of carboxylic acid groups (broad SMARTS) is 1. The molecule has 0 unspecified atom stereocenters. The minimum absolute atomic E-state index is 0.200. The zero-order valence-corrected chi connectivity index (χ0v) is 10.4. The van der Waals surface area contributed by atoms with Crippen molar-refractivity contribution in [2.75, 3.05) is 0 Å². The molecule has 100 valence electrons. The highest BCUT2D eigenvalue weighted by Gasteiger charge is 2.03. The molecule has 0 aliphatic heterocycles. The number of carbonyl (C=O) groups is 1. The molecule has 0 saturated heterocycles. The van der Waals surface area contributed by atoms with Gasteiger partial charge in [-0.1, -0.05) is 5.21 Å². The summed E-state index contributed by atoms with van der Waals surface area (Å²) in [5, 5.41) is 16.6. The SMILES string of the molecule is O=C(O)CCCCc1cn(Cc2ncccn2)nn1. The van der Waals surface area contributed by atoms with Crippen LogP contribution in [0.25, 0.3) is 0 Å². The maximum absolute atomic E-state index is 10.4. The lowest BCUT2D eigenvalue weighted by molar-refractivity contribution is -0.137. The molecular weight excluding hydrogens is 246 g/mol. The fourth-order valence-electron chi connectivity index (χ4n) is 1.67. The van der Waals surface area contributed by atoms with Gasteiger partial charge < -0.3 is 5.11 Å². The van der Waals surface area contributed by atoms with Crippen LogP contribution in [0.15, 0.2) is 24.7 Å². The Balaban J connectivity index is 1.80. The van der Waals surface area contributed by atoms with E-state index in [4.69, 9.17) is 5.11 Å². The molecule has 2 heterocycles. The first-order valence-corrected chi connectivity index (χ1v) is 6.11. The van der Waals surface area contributed by atoms with Crippen LogP contribution in [0.5, 0.6) is 0 Å². The van der Waals surface area contributed by atoms with Crippen LogP contribution in [-0.4, -0.2) is 36.0 Å². The number of aliphatic carboxylic acids is 1. The van der Waals surface area contributed by atoms with Crippen molar-refractivity contribution in [3.63, 3.8) is 0 Å². The molecule has 2 aromatic heterocycles. The number of hydrogen-bond donors (Lipinski definition) is 1. The van der Waals surface area contributed by atoms with E-state index in [1.54, 1.807) is 23.1 Å². The Morgan fingerprint density at radius 2 is 2.05 bits per heavy atom. The zero-order chi connectivity index (χ0) is 13.5. The largest absolute Gasteiger partial charge is 0.481 e. The highest BCUT2D eigenvalue weighted by Crippen LogP contribution is 2.04. The number of carboxylic acids is 1. The molecule has 2 rings (SSSR count). The van der Waals surface area contributed by atoms with Gasteiger partial charge in [0, 0.05) is 25.0 Å². The van der Waals surface area contributed by atoms with Crippen molar-refractivity contribution in [1.29, 1.82) is 0 Å². The van der Waals surface area contributed by atoms with Crippen molar-refractivity contribution in [3.8, 4) is 0 Å². The summed E-state index contributed by atoms with van der Waals surface area (Å²) in [7, 11) is 0. The average Bonchev–Trinajstić information content (AvgIpc) is 2.83. The minimum Gasteiger partial charge on any atom is -0.481 e. The maximum Gasteiger partial charge on any atom is 0.303 e. The molecule has 0 atom stereocenters. The highest BCUT2D eigenvalue weighted by atomic mass is 16.4. The second kappa shape index (κ2) is 6.58. The van der Waals surface area contributed by atoms with Gasteiger partial charge in [0.05, 0.1) is 5.69 Å². The summed E-state index contributed by atoms with van der Waals surface area (Å²) in [5.74, 6) is -0.0743. The third kappa shape index (κ3) is 4.46. The van der Waals surface area contributed by atoms with Crippen molar-refractivity contribution in [2.45, 2.75) is 32.2 Å². The standard InChI is InChI=1S/C12H15N5O2/c18-12(19)5-2-1-4-10-8-17(16-15-10)9-11-13-6-3-7-14-11/h3,6-8H,1-2,4-5,9H2,(H,18,19). The quantitative estimate of drug-likeness (QED) is 0.745. The molecule has 0 saturated carbocycles. The molecular formula is C12H15N5O2. The maximum atomic E-state index is 10.4. The summed E-state index contributed by atoms with van der Waals surface area (Å²) in [6.07, 6.45) is 7.61. The molecule has 0 spiro atoms. The molecule has 0 aliphatic carbocycles. The minimum atomic E-state index is -0.759. The normalized spacial score (nSPS) is 10.5. The monoisotopic (exact) mass is 261 g/mol. The molecule has 0 radical (unpaired) electrons. The Hall–Kier alpha value is -2.31. The number of unbranched alkanes of at least 4 members (excludes halogenated alkanes) is 1. The van der Waals surface area contributed by atoms with E-state index in [2.05, 4.69) is 20.3 Å². The van der Waals surface area contributed by atoms with Gasteiger partial charge in [0.15, 0.2) is 0 Å². The van der Waals surface area contributed by atoms with E-state index in [1.807, 2.05) is 6.20 Å². The van der Waals surface area contributed by atoms with E-state index in [9.17, 15) is 4.79 Å². The molecule has 0 aliphatic rings. The lowest BCUT2D eigenvalue weighted by atomic mass is 10.1. The molecule has 7 nitrogen and oxygen atoms in total. The lowest BCUT2D eigenvalue weighted by Gasteiger charge is -1.97. The number of aromatic nitrogens is 5. The smallest absolute Gasteiger partial charge is 0.303 e. The third-order valence-corrected chi connectivity index (χ3v) is 2.58. The first-order valence-electron chi connectivity index (χ1n) is 6.11. The Morgan fingerprint density at radius 1 is 1.26 bits per heavy atom. The Kier molecular flexibility index (Phi) is 4.54. The molecule has 2 aromatic rings. The van der Waals surface area contributed by atoms with E-state index in [-0.39, 0.29) is 6.42 Å². The van der Waals surface area contributed by atoms with E-state index in [0.717, 1.165) is 18.5 Å². The zero-order valence-electron chi connectivity index (χ0n) is 10.4. The van der Waals surface area contributed by atoms with Gasteiger partial charge in [-0.15, -0.1) is 5.10 Å². The third-order valence-electron chi connectivity index (χ3n) is 2.58. The van der Waals surface area contributed by atoms with Gasteiger partial charge in [-0.3, -0.25) is 4.79 Å². The molecule has 19 heavy (non-hydrogen) atoms. The van der Waals surface area contributed by atoms with Gasteiger partial charge in [-0.2, -0.15) is 0 Å². The Bertz CT molecular complexity index is 526. The number of hydrogen-bond acceptors (Lipinski definition) is 5. The van der Waals surface area contributed by atoms with Crippen LogP contribution < -0.4 is 0 Å². The average molecular weight is 261 g/mol. The Labute approximate surface area is 110 Å². The van der Waals surface area contributed by atoms with Crippen LogP contribution in [0.3, 0.4) is 0 Å². The molecule has 0 bridgehead atoms. The van der Waals surface area contributed by atoms with E-state index in [0.29, 0.717) is 18.8 Å². The number of aryl methyl sites for hydroxylation is 1. The predicted octanol–water partition coefficient (Wildman–Crippen LogP) is 0.914. The van der Waals surface area contributed by atoms with Gasteiger partial charge in [0.25, 0.3) is 0 Å². The summed E-state index contributed by atoms with van der Waals surface area (Å²) in [5.41, 5.74) is 0.862. The lowest BCUT2D eigenvalue weighted by Crippen LogP contribution is -2.04. The van der Waals surface area contributed by atoms with Crippen LogP contribution in [0, 0.1) is 0 Å². The van der Waals surface area contributed by atoms with Gasteiger partial charge in [-0.25, -0.2) is 14.6 Å². The van der Waals surface area contributed by atoms with Crippen LogP contribution in [0.2, 0.25) is 0 Å². The van der Waals surface area contributed by atoms with Crippen LogP contribution in [0.4, 0.5) is 0 Å². The van der Waals surface area contributed by atoms with Crippen molar-refractivity contribution in [3.05, 3.63) is 36.2 Å². The summed E-state index contributed by atoms with van der Waals surface area (Å²) in [4.78, 5) is 18.6. The van der Waals surface area contributed by atoms with Crippen molar-refractivity contribution < 1.29 is 9.90 Å². The van der Waals surface area contributed by atoms with Crippen LogP contribution in [0.1, 0.15) is 30.8 Å². The van der Waals surface area contributed by atoms with E-state index < -0.39 is 5.97 Å². The first-order chi connectivity index (χ1) is 9.24. The summed E-state index contributed by atoms with van der Waals surface area (Å²) >= 11 is 0. The van der Waals surface area contributed by atoms with Crippen LogP contribution in [-0.2, 0) is 17.8 Å². The Morgan fingerprint density at radius 3 is 2.79 bits per heavy atom. The second-order valence-electron chi connectivity index (χ2n) is 4.17. The number of rotatable bonds is 7. The summed E-state index contributed by atoms with van der Waals surface area (Å²) in [6, 6.07) is 1.76. The van der Waals surface area contributed by atoms with Crippen LogP contribution >= 0.6 is 0 Å². The predicted molar refractivity (Wildman–Crippen MR) is 66.3 cm³/mol. The fourth-order valence-corrected chi connectivity index (χ4v) is 1.67. The summed E-state index contributed by atoms with van der Waals surface area (Å²) < 4.78 is 1.68. The van der Waals surface area contributed by atoms with Gasteiger partial charge in [-0.05, 0) is 25.3 Å². The van der Waals surface area contributed by atoms with E-state index in [1.165, 1.54) is 0 Å². The number of nitrogens with zero attached hydrogens (tertiary/aromatic N) is 5. The summed E-state index contributed by atoms with van der Waals surface area (Å²) in [6.45, 7) is 0.489. The molecule has 1 N–H and O–H groups in total. The first kappa shape index (κ1) is 13.1. The van der Waals surface area contributed by atoms with Crippen molar-refractivity contribution >= 4 is 5.97 Å². The van der Waals surface area contributed by atoms with Gasteiger partial charge in [0.1, 0.15) is 12.4 Å². The molecule has 0 amide bonds. The van der Waals surface area contributed by atoms with Gasteiger partial charge in [0.2, 0.25) is 0 Å². The molecule has 7 heteroatoms. The highest BCUT2D eigenvalue weighted by molar-refractivity contribution is 5.66. The molecule has 0 aromatic carbocycles.